The molecule has 138 valence electrons. The molecule has 2 aromatic rings. The molecule has 3 rings (SSSR count). The van der Waals surface area contributed by atoms with Crippen LogP contribution in [0.2, 0.25) is 0 Å². The van der Waals surface area contributed by atoms with Crippen molar-refractivity contribution in [3.05, 3.63) is 59.7 Å². The van der Waals surface area contributed by atoms with Gasteiger partial charge in [-0.25, -0.2) is 9.59 Å². The van der Waals surface area contributed by atoms with Crippen LogP contribution in [-0.4, -0.2) is 29.8 Å². The smallest absolute Gasteiger partial charge is 0.407 e. The largest absolute Gasteiger partial charge is 0.480 e. The number of carboxylic acids is 1. The summed E-state index contributed by atoms with van der Waals surface area (Å²) in [5.41, 5.74) is 4.54. The molecule has 0 aromatic heterocycles. The molecule has 0 saturated heterocycles. The van der Waals surface area contributed by atoms with Gasteiger partial charge in [-0.2, -0.15) is 0 Å². The lowest BCUT2D eigenvalue weighted by Gasteiger charge is -2.19. The van der Waals surface area contributed by atoms with E-state index in [1.165, 1.54) is 0 Å². The molecule has 6 heteroatoms. The number of aliphatic carboxylic acids is 1. The molecule has 1 aliphatic carbocycles. The second kappa shape index (κ2) is 7.99. The van der Waals surface area contributed by atoms with E-state index in [2.05, 4.69) is 17.4 Å². The van der Waals surface area contributed by atoms with Gasteiger partial charge in [0.05, 0.1) is 0 Å². The molecule has 1 aliphatic rings. The van der Waals surface area contributed by atoms with Crippen molar-refractivity contribution in [1.29, 1.82) is 0 Å². The molecule has 0 unspecified atom stereocenters. The average molecular weight is 359 g/mol. The number of alkyl carbamates (subject to hydrolysis) is 1. The molecule has 0 radical (unpaired) electrons. The summed E-state index contributed by atoms with van der Waals surface area (Å²) in [7, 11) is 0. The predicted octanol–water partition coefficient (Wildman–Crippen LogP) is 3.79. The Labute approximate surface area is 151 Å². The van der Waals surface area contributed by atoms with Crippen LogP contribution in [0, 0.1) is 5.92 Å². The molecular weight excluding hydrogens is 337 g/mol. The summed E-state index contributed by atoms with van der Waals surface area (Å²) in [6, 6.07) is 15.2. The molecular formula is C20H22FNO4. The lowest BCUT2D eigenvalue weighted by molar-refractivity contribution is -0.140. The van der Waals surface area contributed by atoms with Crippen molar-refractivity contribution < 1.29 is 24.1 Å². The Balaban J connectivity index is 0.00000243. The number of amides is 1. The zero-order valence-corrected chi connectivity index (χ0v) is 14.6. The SMILES string of the molecule is CC(C)[C@H](NC(=O)OCC1c2ccccc2-c2ccccc21)C(=O)O.F. The molecule has 2 N–H and O–H groups in total. The Hall–Kier alpha value is -2.89. The maximum absolute atomic E-state index is 12.0. The third kappa shape index (κ3) is 3.69. The predicted molar refractivity (Wildman–Crippen MR) is 97.0 cm³/mol. The molecule has 0 spiro atoms. The lowest BCUT2D eigenvalue weighted by Crippen LogP contribution is -2.44. The van der Waals surface area contributed by atoms with Crippen molar-refractivity contribution >= 4 is 12.1 Å². The summed E-state index contributed by atoms with van der Waals surface area (Å²) in [6.45, 7) is 3.65. The number of benzene rings is 2. The highest BCUT2D eigenvalue weighted by atomic mass is 19.0. The van der Waals surface area contributed by atoms with Crippen molar-refractivity contribution in [3.8, 4) is 11.1 Å². The molecule has 1 atom stereocenters. The highest BCUT2D eigenvalue weighted by molar-refractivity contribution is 5.81. The number of hydrogen-bond acceptors (Lipinski definition) is 3. The van der Waals surface area contributed by atoms with Crippen LogP contribution in [-0.2, 0) is 9.53 Å². The fourth-order valence-corrected chi connectivity index (χ4v) is 3.28. The fraction of sp³-hybridized carbons (Fsp3) is 0.300. The highest BCUT2D eigenvalue weighted by Crippen LogP contribution is 2.44. The second-order valence-electron chi connectivity index (χ2n) is 6.53. The standard InChI is InChI=1S/C20H21NO4.FH/c1-12(2)18(19(22)23)21-20(24)25-11-17-15-9-5-3-7-13(15)14-8-4-6-10-16(14)17;/h3-10,12,17-18H,11H2,1-2H3,(H,21,24)(H,22,23);1H/t18-;/m0./s1. The quantitative estimate of drug-likeness (QED) is 0.852. The molecule has 0 fully saturated rings. The van der Waals surface area contributed by atoms with Gasteiger partial charge < -0.3 is 15.2 Å². The first-order valence-electron chi connectivity index (χ1n) is 8.33. The fourth-order valence-electron chi connectivity index (χ4n) is 3.28. The average Bonchev–Trinajstić information content (AvgIpc) is 2.91. The van der Waals surface area contributed by atoms with Crippen LogP contribution >= 0.6 is 0 Å². The van der Waals surface area contributed by atoms with Gasteiger partial charge in [0.1, 0.15) is 12.6 Å². The van der Waals surface area contributed by atoms with Crippen LogP contribution < -0.4 is 5.32 Å². The van der Waals surface area contributed by atoms with Crippen molar-refractivity contribution in [3.63, 3.8) is 0 Å². The molecule has 5 nitrogen and oxygen atoms in total. The van der Waals surface area contributed by atoms with Crippen LogP contribution in [0.3, 0.4) is 0 Å². The van der Waals surface area contributed by atoms with E-state index in [1.807, 2.05) is 36.4 Å². The summed E-state index contributed by atoms with van der Waals surface area (Å²) in [5, 5.41) is 11.6. The first-order valence-corrected chi connectivity index (χ1v) is 8.33. The van der Waals surface area contributed by atoms with Gasteiger partial charge in [-0.1, -0.05) is 62.4 Å². The van der Waals surface area contributed by atoms with Gasteiger partial charge in [-0.15, -0.1) is 0 Å². The lowest BCUT2D eigenvalue weighted by atomic mass is 9.98. The molecule has 0 aliphatic heterocycles. The summed E-state index contributed by atoms with van der Waals surface area (Å²) >= 11 is 0. The number of rotatable bonds is 5. The molecule has 2 aromatic carbocycles. The highest BCUT2D eigenvalue weighted by Gasteiger charge is 2.30. The number of carboxylic acid groups (broad SMARTS) is 1. The third-order valence-corrected chi connectivity index (χ3v) is 4.55. The van der Waals surface area contributed by atoms with Gasteiger partial charge in [-0.05, 0) is 28.2 Å². The first-order chi connectivity index (χ1) is 12.0. The number of nitrogens with one attached hydrogen (secondary N) is 1. The summed E-state index contributed by atoms with van der Waals surface area (Å²) < 4.78 is 5.36. The van der Waals surface area contributed by atoms with Crippen LogP contribution in [0.4, 0.5) is 9.50 Å². The number of fused-ring (bicyclic) bond motifs is 3. The second-order valence-corrected chi connectivity index (χ2v) is 6.53. The maximum Gasteiger partial charge on any atom is 0.407 e. The molecule has 0 bridgehead atoms. The number of halogens is 1. The Bertz CT molecular complexity index is 760. The van der Waals surface area contributed by atoms with E-state index in [4.69, 9.17) is 9.84 Å². The van der Waals surface area contributed by atoms with E-state index in [9.17, 15) is 9.59 Å². The van der Waals surface area contributed by atoms with Gasteiger partial charge >= 0.3 is 12.1 Å². The summed E-state index contributed by atoms with van der Waals surface area (Å²) in [4.78, 5) is 23.2. The monoisotopic (exact) mass is 359 g/mol. The number of hydrogen-bond donors (Lipinski definition) is 2. The molecule has 26 heavy (non-hydrogen) atoms. The van der Waals surface area contributed by atoms with E-state index >= 15 is 0 Å². The van der Waals surface area contributed by atoms with Crippen LogP contribution in [0.1, 0.15) is 30.9 Å². The van der Waals surface area contributed by atoms with Crippen molar-refractivity contribution in [2.45, 2.75) is 25.8 Å². The van der Waals surface area contributed by atoms with E-state index in [0.717, 1.165) is 22.3 Å². The minimum Gasteiger partial charge on any atom is -0.480 e. The number of ether oxygens (including phenoxy) is 1. The van der Waals surface area contributed by atoms with Crippen molar-refractivity contribution in [2.75, 3.05) is 6.61 Å². The molecule has 0 saturated carbocycles. The molecule has 0 heterocycles. The van der Waals surface area contributed by atoms with Gasteiger partial charge in [0.25, 0.3) is 0 Å². The van der Waals surface area contributed by atoms with Gasteiger partial charge in [-0.3, -0.25) is 4.70 Å². The van der Waals surface area contributed by atoms with Crippen molar-refractivity contribution in [1.82, 2.24) is 5.32 Å². The van der Waals surface area contributed by atoms with Crippen molar-refractivity contribution in [2.24, 2.45) is 5.92 Å². The van der Waals surface area contributed by atoms with Gasteiger partial charge in [0, 0.05) is 5.92 Å². The summed E-state index contributed by atoms with van der Waals surface area (Å²) in [6.07, 6.45) is -0.706. The van der Waals surface area contributed by atoms with Gasteiger partial charge in [0.2, 0.25) is 0 Å². The van der Waals surface area contributed by atoms with E-state index < -0.39 is 18.1 Å². The maximum atomic E-state index is 12.0. The first kappa shape index (κ1) is 19.4. The third-order valence-electron chi connectivity index (χ3n) is 4.55. The minimum atomic E-state index is -1.07. The van der Waals surface area contributed by atoms with Gasteiger partial charge in [0.15, 0.2) is 0 Å². The molecule has 1 amide bonds. The van der Waals surface area contributed by atoms with Crippen LogP contribution in [0.15, 0.2) is 48.5 Å². The van der Waals surface area contributed by atoms with E-state index in [-0.39, 0.29) is 23.1 Å². The Morgan fingerprint density at radius 2 is 1.54 bits per heavy atom. The van der Waals surface area contributed by atoms with Crippen LogP contribution in [0.5, 0.6) is 0 Å². The van der Waals surface area contributed by atoms with Crippen LogP contribution in [0.25, 0.3) is 11.1 Å². The number of carbonyl (C=O) groups is 2. The topological polar surface area (TPSA) is 75.6 Å². The Morgan fingerprint density at radius 1 is 1.04 bits per heavy atom. The van der Waals surface area contributed by atoms with E-state index in [1.54, 1.807) is 13.8 Å². The Kier molecular flexibility index (Phi) is 5.97. The minimum absolute atomic E-state index is 0. The zero-order valence-electron chi connectivity index (χ0n) is 14.6. The van der Waals surface area contributed by atoms with E-state index in [0.29, 0.717) is 0 Å². The summed E-state index contributed by atoms with van der Waals surface area (Å²) in [5.74, 6) is -1.33. The zero-order chi connectivity index (χ0) is 18.0. The Morgan fingerprint density at radius 3 is 2.00 bits per heavy atom. The number of carbonyl (C=O) groups excluding carboxylic acids is 1. The normalized spacial score (nSPS) is 13.3.